The van der Waals surface area contributed by atoms with Crippen LogP contribution in [0, 0.1) is 5.92 Å². The summed E-state index contributed by atoms with van der Waals surface area (Å²) in [5.74, 6) is 0.897. The highest BCUT2D eigenvalue weighted by molar-refractivity contribution is 4.78. The maximum absolute atomic E-state index is 5.98. The second-order valence-electron chi connectivity index (χ2n) is 5.99. The molecule has 2 N–H and O–H groups in total. The molecule has 2 unspecified atom stereocenters. The summed E-state index contributed by atoms with van der Waals surface area (Å²) in [5, 5.41) is 0. The van der Waals surface area contributed by atoms with Gasteiger partial charge in [-0.1, -0.05) is 0 Å². The van der Waals surface area contributed by atoms with Crippen molar-refractivity contribution >= 4 is 0 Å². The van der Waals surface area contributed by atoms with Crippen LogP contribution in [-0.2, 0) is 0 Å². The normalized spacial score (nSPS) is 37.0. The van der Waals surface area contributed by atoms with Crippen molar-refractivity contribution in [3.8, 4) is 0 Å². The summed E-state index contributed by atoms with van der Waals surface area (Å²) in [4.78, 5) is 2.44. The maximum Gasteiger partial charge on any atom is 0.0914 e. The fourth-order valence-electron chi connectivity index (χ4n) is 3.13. The molecule has 3 heteroatoms. The Bertz CT molecular complexity index is 209. The molecule has 0 spiro atoms. The first-order valence-electron chi connectivity index (χ1n) is 6.35. The molecule has 0 aromatic heterocycles. The van der Waals surface area contributed by atoms with Crippen LogP contribution in [0.5, 0.6) is 0 Å². The standard InChI is InChI=1S/C12H26N3/c1-14-5-7-15(2,8-6-14)10-11-3-4-12(13)9-11/h11-12H,3-10,13H2,1-2H3/q+1. The molecule has 2 fully saturated rings. The van der Waals surface area contributed by atoms with E-state index < -0.39 is 0 Å². The smallest absolute Gasteiger partial charge is 0.0914 e. The van der Waals surface area contributed by atoms with Crippen LogP contribution in [-0.4, -0.2) is 62.2 Å². The zero-order valence-corrected chi connectivity index (χ0v) is 10.3. The average molecular weight is 212 g/mol. The molecule has 0 bridgehead atoms. The Morgan fingerprint density at radius 1 is 1.27 bits per heavy atom. The number of likely N-dealkylation sites (N-methyl/N-ethyl adjacent to an activating group) is 2. The van der Waals surface area contributed by atoms with Crippen molar-refractivity contribution in [1.82, 2.24) is 4.90 Å². The van der Waals surface area contributed by atoms with Crippen molar-refractivity contribution in [2.75, 3.05) is 46.8 Å². The number of piperazine rings is 1. The van der Waals surface area contributed by atoms with Gasteiger partial charge in [-0.3, -0.25) is 4.90 Å². The van der Waals surface area contributed by atoms with E-state index in [2.05, 4.69) is 19.0 Å². The van der Waals surface area contributed by atoms with Gasteiger partial charge in [0.1, 0.15) is 0 Å². The van der Waals surface area contributed by atoms with Gasteiger partial charge in [0.2, 0.25) is 0 Å². The lowest BCUT2D eigenvalue weighted by molar-refractivity contribution is -0.916. The molecule has 1 saturated carbocycles. The molecule has 3 nitrogen and oxygen atoms in total. The van der Waals surface area contributed by atoms with Gasteiger partial charge in [0.15, 0.2) is 0 Å². The molecule has 0 amide bonds. The van der Waals surface area contributed by atoms with E-state index >= 15 is 0 Å². The molecule has 15 heavy (non-hydrogen) atoms. The first-order valence-corrected chi connectivity index (χ1v) is 6.35. The van der Waals surface area contributed by atoms with Crippen LogP contribution in [0.1, 0.15) is 19.3 Å². The molecule has 1 aliphatic carbocycles. The lowest BCUT2D eigenvalue weighted by Gasteiger charge is -2.42. The van der Waals surface area contributed by atoms with Gasteiger partial charge in [-0.25, -0.2) is 0 Å². The quantitative estimate of drug-likeness (QED) is 0.676. The number of nitrogens with two attached hydrogens (primary N) is 1. The molecule has 0 radical (unpaired) electrons. The van der Waals surface area contributed by atoms with Crippen LogP contribution in [0.4, 0.5) is 0 Å². The highest BCUT2D eigenvalue weighted by Gasteiger charge is 2.33. The van der Waals surface area contributed by atoms with Gasteiger partial charge < -0.3 is 10.2 Å². The third kappa shape index (κ3) is 2.92. The first-order chi connectivity index (χ1) is 7.07. The number of rotatable bonds is 2. The number of hydrogen-bond acceptors (Lipinski definition) is 2. The zero-order chi connectivity index (χ0) is 10.9. The maximum atomic E-state index is 5.98. The SMILES string of the molecule is CN1CC[N+](C)(CC2CCC(N)C2)CC1. The summed E-state index contributed by atoms with van der Waals surface area (Å²) in [6.07, 6.45) is 3.89. The van der Waals surface area contributed by atoms with Crippen LogP contribution in [0.3, 0.4) is 0 Å². The topological polar surface area (TPSA) is 29.3 Å². The number of quaternary nitrogens is 1. The summed E-state index contributed by atoms with van der Waals surface area (Å²) in [5.41, 5.74) is 5.98. The summed E-state index contributed by atoms with van der Waals surface area (Å²) >= 11 is 0. The third-order valence-corrected chi connectivity index (χ3v) is 4.32. The molecule has 1 saturated heterocycles. The van der Waals surface area contributed by atoms with E-state index in [-0.39, 0.29) is 0 Å². The van der Waals surface area contributed by atoms with Gasteiger partial charge in [0.25, 0.3) is 0 Å². The minimum Gasteiger partial charge on any atom is -0.328 e. The van der Waals surface area contributed by atoms with E-state index in [0.717, 1.165) is 5.92 Å². The van der Waals surface area contributed by atoms with E-state index in [4.69, 9.17) is 5.73 Å². The van der Waals surface area contributed by atoms with Crippen molar-refractivity contribution in [1.29, 1.82) is 0 Å². The largest absolute Gasteiger partial charge is 0.328 e. The predicted octanol–water partition coefficient (Wildman–Crippen LogP) is 0.506. The van der Waals surface area contributed by atoms with E-state index in [1.54, 1.807) is 0 Å². The number of nitrogens with zero attached hydrogens (tertiary/aromatic N) is 2. The van der Waals surface area contributed by atoms with Gasteiger partial charge in [-0.05, 0) is 26.3 Å². The zero-order valence-electron chi connectivity index (χ0n) is 10.3. The molecular formula is C12H26N3+. The highest BCUT2D eigenvalue weighted by Crippen LogP contribution is 2.27. The Morgan fingerprint density at radius 2 is 1.93 bits per heavy atom. The summed E-state index contributed by atoms with van der Waals surface area (Å²) in [6, 6.07) is 0.495. The van der Waals surface area contributed by atoms with E-state index in [0.29, 0.717) is 6.04 Å². The number of hydrogen-bond donors (Lipinski definition) is 1. The monoisotopic (exact) mass is 212 g/mol. The van der Waals surface area contributed by atoms with Crippen LogP contribution in [0.15, 0.2) is 0 Å². The Morgan fingerprint density at radius 3 is 2.47 bits per heavy atom. The van der Waals surface area contributed by atoms with Crippen LogP contribution < -0.4 is 5.73 Å². The van der Waals surface area contributed by atoms with Gasteiger partial charge in [0.05, 0.1) is 26.7 Å². The van der Waals surface area contributed by atoms with Gasteiger partial charge >= 0.3 is 0 Å². The Labute approximate surface area is 93.8 Å². The van der Waals surface area contributed by atoms with Gasteiger partial charge in [0, 0.05) is 25.0 Å². The molecule has 0 aromatic carbocycles. The van der Waals surface area contributed by atoms with E-state index in [1.807, 2.05) is 0 Å². The Hall–Kier alpha value is -0.120. The third-order valence-electron chi connectivity index (χ3n) is 4.32. The molecule has 1 aliphatic heterocycles. The fourth-order valence-corrected chi connectivity index (χ4v) is 3.13. The Kier molecular flexibility index (Phi) is 3.33. The van der Waals surface area contributed by atoms with Crippen molar-refractivity contribution < 1.29 is 4.48 Å². The lowest BCUT2D eigenvalue weighted by Crippen LogP contribution is -2.57. The average Bonchev–Trinajstić information content (AvgIpc) is 2.57. The summed E-state index contributed by atoms with van der Waals surface area (Å²) in [7, 11) is 4.66. The fraction of sp³-hybridized carbons (Fsp3) is 1.00. The Balaban J connectivity index is 1.82. The molecule has 0 aromatic rings. The van der Waals surface area contributed by atoms with E-state index in [9.17, 15) is 0 Å². The minimum absolute atomic E-state index is 0.495. The van der Waals surface area contributed by atoms with Crippen molar-refractivity contribution in [3.63, 3.8) is 0 Å². The second kappa shape index (κ2) is 4.40. The highest BCUT2D eigenvalue weighted by atomic mass is 15.4. The second-order valence-corrected chi connectivity index (χ2v) is 5.99. The first kappa shape index (κ1) is 11.4. The van der Waals surface area contributed by atoms with Crippen LogP contribution in [0.2, 0.25) is 0 Å². The molecule has 2 aliphatic rings. The van der Waals surface area contributed by atoms with Crippen LogP contribution in [0.25, 0.3) is 0 Å². The molecule has 1 heterocycles. The van der Waals surface area contributed by atoms with Crippen molar-refractivity contribution in [2.45, 2.75) is 25.3 Å². The van der Waals surface area contributed by atoms with Crippen molar-refractivity contribution in [3.05, 3.63) is 0 Å². The summed E-state index contributed by atoms with van der Waals surface area (Å²) in [6.45, 7) is 6.52. The summed E-state index contributed by atoms with van der Waals surface area (Å²) < 4.78 is 1.28. The molecule has 88 valence electrons. The predicted molar refractivity (Wildman–Crippen MR) is 63.6 cm³/mol. The molecular weight excluding hydrogens is 186 g/mol. The molecule has 2 atom stereocenters. The van der Waals surface area contributed by atoms with Crippen molar-refractivity contribution in [2.24, 2.45) is 11.7 Å². The minimum atomic E-state index is 0.495. The van der Waals surface area contributed by atoms with E-state index in [1.165, 1.54) is 56.5 Å². The molecule has 2 rings (SSSR count). The van der Waals surface area contributed by atoms with Crippen LogP contribution >= 0.6 is 0 Å². The van der Waals surface area contributed by atoms with Gasteiger partial charge in [-0.15, -0.1) is 0 Å². The van der Waals surface area contributed by atoms with Gasteiger partial charge in [-0.2, -0.15) is 0 Å². The lowest BCUT2D eigenvalue weighted by atomic mass is 10.1.